The van der Waals surface area contributed by atoms with E-state index in [-0.39, 0.29) is 0 Å². The summed E-state index contributed by atoms with van der Waals surface area (Å²) in [6.45, 7) is 2.74. The Morgan fingerprint density at radius 3 is 2.92 bits per heavy atom. The maximum absolute atomic E-state index is 9.07. The van der Waals surface area contributed by atoms with Gasteiger partial charge in [0.2, 0.25) is 0 Å². The van der Waals surface area contributed by atoms with E-state index in [1.54, 1.807) is 18.9 Å². The van der Waals surface area contributed by atoms with Crippen molar-refractivity contribution in [3.05, 3.63) is 71.6 Å². The molecule has 5 nitrogen and oxygen atoms in total. The first kappa shape index (κ1) is 15.6. The summed E-state index contributed by atoms with van der Waals surface area (Å²) < 4.78 is 5.22. The number of aromatic nitrogens is 2. The molecule has 0 spiro atoms. The minimum atomic E-state index is 0.712. The maximum Gasteiger partial charge on any atom is 0.116 e. The fraction of sp³-hybridized carbons (Fsp3) is 0.250. The predicted molar refractivity (Wildman–Crippen MR) is 93.6 cm³/mol. The van der Waals surface area contributed by atoms with E-state index in [4.69, 9.17) is 9.68 Å². The molecule has 3 aromatic rings. The first-order chi connectivity index (χ1) is 12.3. The fourth-order valence-electron chi connectivity index (χ4n) is 3.38. The summed E-state index contributed by atoms with van der Waals surface area (Å²) in [6, 6.07) is 12.0. The van der Waals surface area contributed by atoms with Crippen molar-refractivity contribution in [3.8, 4) is 17.3 Å². The van der Waals surface area contributed by atoms with Crippen LogP contribution < -0.4 is 0 Å². The molecule has 1 aliphatic heterocycles. The molecule has 1 aliphatic rings. The fourth-order valence-corrected chi connectivity index (χ4v) is 3.38. The summed E-state index contributed by atoms with van der Waals surface area (Å²) in [4.78, 5) is 11.4. The molecule has 0 amide bonds. The van der Waals surface area contributed by atoms with Gasteiger partial charge in [0.15, 0.2) is 0 Å². The van der Waals surface area contributed by atoms with Crippen molar-refractivity contribution in [2.75, 3.05) is 13.1 Å². The lowest BCUT2D eigenvalue weighted by Gasteiger charge is -2.19. The summed E-state index contributed by atoms with van der Waals surface area (Å²) >= 11 is 0. The molecule has 0 unspecified atom stereocenters. The smallest absolute Gasteiger partial charge is 0.116 e. The number of hydrogen-bond acceptors (Lipinski definition) is 5. The second-order valence-electron chi connectivity index (χ2n) is 6.25. The van der Waals surface area contributed by atoms with Gasteiger partial charge in [-0.05, 0) is 30.2 Å². The lowest BCUT2D eigenvalue weighted by atomic mass is 10.0. The number of rotatable bonds is 3. The Bertz CT molecular complexity index is 912. The molecule has 0 saturated carbocycles. The van der Waals surface area contributed by atoms with Crippen LogP contribution in [0.2, 0.25) is 0 Å². The second kappa shape index (κ2) is 6.88. The normalized spacial score (nSPS) is 14.5. The molecule has 5 heteroatoms. The third-order valence-electron chi connectivity index (χ3n) is 4.63. The Labute approximate surface area is 146 Å². The van der Waals surface area contributed by atoms with E-state index < -0.39 is 0 Å². The molecule has 0 fully saturated rings. The Morgan fingerprint density at radius 2 is 2.08 bits per heavy atom. The molecule has 2 aromatic heterocycles. The van der Waals surface area contributed by atoms with E-state index in [9.17, 15) is 0 Å². The van der Waals surface area contributed by atoms with Crippen molar-refractivity contribution in [1.82, 2.24) is 14.9 Å². The average Bonchev–Trinajstić information content (AvgIpc) is 3.11. The summed E-state index contributed by atoms with van der Waals surface area (Å²) in [5.41, 5.74) is 6.22. The van der Waals surface area contributed by atoms with Crippen LogP contribution in [0.1, 0.15) is 22.4 Å². The van der Waals surface area contributed by atoms with Crippen molar-refractivity contribution in [1.29, 1.82) is 5.26 Å². The molecular formula is C20H18N4O. The van der Waals surface area contributed by atoms with Crippen LogP contribution >= 0.6 is 0 Å². The standard InChI is InChI=1S/C20H18N4O/c21-11-15-2-1-3-16(10-15)12-24-7-4-18-19(5-8-24)22-14-23-20(18)17-6-9-25-13-17/h1-3,6,9-10,13-14H,4-5,7-8,12H2. The summed E-state index contributed by atoms with van der Waals surface area (Å²) in [7, 11) is 0. The topological polar surface area (TPSA) is 66.0 Å². The van der Waals surface area contributed by atoms with Crippen LogP contribution in [0.3, 0.4) is 0 Å². The minimum absolute atomic E-state index is 0.712. The molecule has 0 radical (unpaired) electrons. The van der Waals surface area contributed by atoms with Gasteiger partial charge in [0.05, 0.1) is 29.9 Å². The predicted octanol–water partition coefficient (Wildman–Crippen LogP) is 3.21. The van der Waals surface area contributed by atoms with Crippen molar-refractivity contribution >= 4 is 0 Å². The van der Waals surface area contributed by atoms with Crippen LogP contribution in [0.4, 0.5) is 0 Å². The van der Waals surface area contributed by atoms with Gasteiger partial charge in [-0.25, -0.2) is 9.97 Å². The highest BCUT2D eigenvalue weighted by Crippen LogP contribution is 2.26. The first-order valence-electron chi connectivity index (χ1n) is 8.40. The average molecular weight is 330 g/mol. The van der Waals surface area contributed by atoms with Gasteiger partial charge in [-0.1, -0.05) is 12.1 Å². The zero-order chi connectivity index (χ0) is 17.1. The molecule has 0 aliphatic carbocycles. The Morgan fingerprint density at radius 1 is 1.16 bits per heavy atom. The second-order valence-corrected chi connectivity index (χ2v) is 6.25. The van der Waals surface area contributed by atoms with Gasteiger partial charge in [0.25, 0.3) is 0 Å². The summed E-state index contributed by atoms with van der Waals surface area (Å²) in [5, 5.41) is 9.07. The molecular weight excluding hydrogens is 312 g/mol. The van der Waals surface area contributed by atoms with Crippen molar-refractivity contribution in [2.45, 2.75) is 19.4 Å². The zero-order valence-corrected chi connectivity index (χ0v) is 13.9. The van der Waals surface area contributed by atoms with E-state index in [1.807, 2.05) is 24.3 Å². The number of furan rings is 1. The quantitative estimate of drug-likeness (QED) is 0.738. The number of benzene rings is 1. The largest absolute Gasteiger partial charge is 0.472 e. The number of hydrogen-bond donors (Lipinski definition) is 0. The molecule has 4 rings (SSSR count). The van der Waals surface area contributed by atoms with E-state index in [0.29, 0.717) is 5.56 Å². The van der Waals surface area contributed by atoms with Crippen molar-refractivity contribution in [3.63, 3.8) is 0 Å². The van der Waals surface area contributed by atoms with Crippen LogP contribution in [0.5, 0.6) is 0 Å². The van der Waals surface area contributed by atoms with Crippen LogP contribution in [-0.4, -0.2) is 28.0 Å². The van der Waals surface area contributed by atoms with E-state index in [0.717, 1.165) is 49.4 Å². The Kier molecular flexibility index (Phi) is 4.28. The number of nitrogens with zero attached hydrogens (tertiary/aromatic N) is 4. The lowest BCUT2D eigenvalue weighted by Crippen LogP contribution is -2.26. The highest BCUT2D eigenvalue weighted by molar-refractivity contribution is 5.62. The number of nitriles is 1. The molecule has 1 aromatic carbocycles. The Balaban J connectivity index is 1.54. The van der Waals surface area contributed by atoms with E-state index in [1.165, 1.54) is 11.1 Å². The maximum atomic E-state index is 9.07. The van der Waals surface area contributed by atoms with Gasteiger partial charge >= 0.3 is 0 Å². The zero-order valence-electron chi connectivity index (χ0n) is 13.9. The van der Waals surface area contributed by atoms with Crippen molar-refractivity contribution in [2.24, 2.45) is 0 Å². The van der Waals surface area contributed by atoms with E-state index in [2.05, 4.69) is 27.0 Å². The van der Waals surface area contributed by atoms with E-state index >= 15 is 0 Å². The van der Waals surface area contributed by atoms with Crippen molar-refractivity contribution < 1.29 is 4.42 Å². The molecule has 0 N–H and O–H groups in total. The summed E-state index contributed by atoms with van der Waals surface area (Å²) in [6.07, 6.45) is 6.87. The Hall–Kier alpha value is -2.97. The van der Waals surface area contributed by atoms with Crippen LogP contribution in [0.25, 0.3) is 11.3 Å². The van der Waals surface area contributed by atoms with Gasteiger partial charge in [-0.2, -0.15) is 5.26 Å². The first-order valence-corrected chi connectivity index (χ1v) is 8.40. The van der Waals surface area contributed by atoms with Gasteiger partial charge in [0, 0.05) is 42.9 Å². The van der Waals surface area contributed by atoms with Crippen LogP contribution in [0.15, 0.2) is 53.6 Å². The molecule has 0 atom stereocenters. The highest BCUT2D eigenvalue weighted by atomic mass is 16.3. The van der Waals surface area contributed by atoms with Gasteiger partial charge in [-0.3, -0.25) is 4.90 Å². The van der Waals surface area contributed by atoms with Gasteiger partial charge in [0.1, 0.15) is 6.33 Å². The van der Waals surface area contributed by atoms with Crippen LogP contribution in [-0.2, 0) is 19.4 Å². The monoisotopic (exact) mass is 330 g/mol. The molecule has 3 heterocycles. The summed E-state index contributed by atoms with van der Waals surface area (Å²) in [5.74, 6) is 0. The molecule has 124 valence electrons. The number of fused-ring (bicyclic) bond motifs is 1. The molecule has 0 saturated heterocycles. The molecule has 0 bridgehead atoms. The third-order valence-corrected chi connectivity index (χ3v) is 4.63. The minimum Gasteiger partial charge on any atom is -0.472 e. The lowest BCUT2D eigenvalue weighted by molar-refractivity contribution is 0.279. The third kappa shape index (κ3) is 3.30. The SMILES string of the molecule is N#Cc1cccc(CN2CCc3ncnc(-c4ccoc4)c3CC2)c1. The van der Waals surface area contributed by atoms with Gasteiger partial charge < -0.3 is 4.42 Å². The highest BCUT2D eigenvalue weighted by Gasteiger charge is 2.19. The van der Waals surface area contributed by atoms with Crippen LogP contribution in [0, 0.1) is 11.3 Å². The molecule has 25 heavy (non-hydrogen) atoms. The van der Waals surface area contributed by atoms with Gasteiger partial charge in [-0.15, -0.1) is 0 Å².